The van der Waals surface area contributed by atoms with Crippen LogP contribution in [0.25, 0.3) is 0 Å². The molecular weight excluding hydrogens is 176 g/mol. The van der Waals surface area contributed by atoms with Crippen molar-refractivity contribution >= 4 is 0 Å². The Labute approximate surface area is 87.8 Å². The van der Waals surface area contributed by atoms with Gasteiger partial charge in [-0.15, -0.1) is 0 Å². The summed E-state index contributed by atoms with van der Waals surface area (Å²) in [6, 6.07) is 0.671. The van der Waals surface area contributed by atoms with Gasteiger partial charge >= 0.3 is 0 Å². The number of hydrogen-bond donors (Lipinski definition) is 1. The third-order valence-electron chi connectivity index (χ3n) is 2.61. The Morgan fingerprint density at radius 2 is 2.29 bits per heavy atom. The lowest BCUT2D eigenvalue weighted by molar-refractivity contribution is 0.0772. The summed E-state index contributed by atoms with van der Waals surface area (Å²) in [6.07, 6.45) is 2.98. The third-order valence-corrected chi connectivity index (χ3v) is 2.61. The van der Waals surface area contributed by atoms with Crippen molar-refractivity contribution in [3.63, 3.8) is 0 Å². The van der Waals surface area contributed by atoms with Crippen LogP contribution in [0, 0.1) is 0 Å². The highest BCUT2D eigenvalue weighted by molar-refractivity contribution is 4.75. The van der Waals surface area contributed by atoms with E-state index in [2.05, 4.69) is 31.1 Å². The molecule has 3 nitrogen and oxygen atoms in total. The number of likely N-dealkylation sites (N-methyl/N-ethyl adjacent to an activating group) is 1. The summed E-state index contributed by atoms with van der Waals surface area (Å²) in [6.45, 7) is 8.40. The van der Waals surface area contributed by atoms with E-state index in [0.29, 0.717) is 12.1 Å². The van der Waals surface area contributed by atoms with E-state index in [4.69, 9.17) is 4.74 Å². The van der Waals surface area contributed by atoms with Crippen molar-refractivity contribution in [2.24, 2.45) is 0 Å². The highest BCUT2D eigenvalue weighted by Crippen LogP contribution is 2.07. The van der Waals surface area contributed by atoms with E-state index in [-0.39, 0.29) is 0 Å². The second kappa shape index (κ2) is 6.38. The standard InChI is InChI=1S/C11H24N2O/c1-10(2)14-8-6-12-11-5-4-7-13(3)9-11/h10-12H,4-9H2,1-3H3. The molecule has 1 N–H and O–H groups in total. The van der Waals surface area contributed by atoms with Crippen LogP contribution in [0.2, 0.25) is 0 Å². The van der Waals surface area contributed by atoms with Gasteiger partial charge in [-0.3, -0.25) is 0 Å². The summed E-state index contributed by atoms with van der Waals surface area (Å²) in [5.41, 5.74) is 0. The monoisotopic (exact) mass is 200 g/mol. The first kappa shape index (κ1) is 12.0. The van der Waals surface area contributed by atoms with Crippen molar-refractivity contribution < 1.29 is 4.74 Å². The number of nitrogens with zero attached hydrogens (tertiary/aromatic N) is 1. The van der Waals surface area contributed by atoms with Crippen molar-refractivity contribution in [1.82, 2.24) is 10.2 Å². The first-order valence-electron chi connectivity index (χ1n) is 5.72. The van der Waals surface area contributed by atoms with E-state index in [0.717, 1.165) is 13.2 Å². The van der Waals surface area contributed by atoms with Gasteiger partial charge < -0.3 is 15.0 Å². The van der Waals surface area contributed by atoms with Gasteiger partial charge in [0.1, 0.15) is 0 Å². The zero-order chi connectivity index (χ0) is 10.4. The van der Waals surface area contributed by atoms with Crippen molar-refractivity contribution in [3.8, 4) is 0 Å². The van der Waals surface area contributed by atoms with Gasteiger partial charge in [0.05, 0.1) is 12.7 Å². The number of nitrogens with one attached hydrogen (secondary N) is 1. The normalized spacial score (nSPS) is 24.4. The topological polar surface area (TPSA) is 24.5 Å². The van der Waals surface area contributed by atoms with Crippen LogP contribution in [-0.2, 0) is 4.74 Å². The summed E-state index contributed by atoms with van der Waals surface area (Å²) in [4.78, 5) is 2.39. The van der Waals surface area contributed by atoms with Crippen LogP contribution in [0.1, 0.15) is 26.7 Å². The van der Waals surface area contributed by atoms with Gasteiger partial charge in [-0.25, -0.2) is 0 Å². The molecule has 1 heterocycles. The fourth-order valence-electron chi connectivity index (χ4n) is 1.89. The van der Waals surface area contributed by atoms with E-state index < -0.39 is 0 Å². The second-order valence-electron chi connectivity index (χ2n) is 4.48. The average molecular weight is 200 g/mol. The van der Waals surface area contributed by atoms with Gasteiger partial charge in [-0.2, -0.15) is 0 Å². The largest absolute Gasteiger partial charge is 0.377 e. The quantitative estimate of drug-likeness (QED) is 0.673. The highest BCUT2D eigenvalue weighted by Gasteiger charge is 2.15. The summed E-state index contributed by atoms with van der Waals surface area (Å²) in [5, 5.41) is 3.54. The van der Waals surface area contributed by atoms with Gasteiger partial charge in [-0.1, -0.05) is 0 Å². The minimum absolute atomic E-state index is 0.353. The first-order valence-corrected chi connectivity index (χ1v) is 5.72. The van der Waals surface area contributed by atoms with Gasteiger partial charge in [0, 0.05) is 19.1 Å². The minimum atomic E-state index is 0.353. The van der Waals surface area contributed by atoms with Gasteiger partial charge in [-0.05, 0) is 40.3 Å². The number of hydrogen-bond acceptors (Lipinski definition) is 3. The predicted octanol–water partition coefficient (Wildman–Crippen LogP) is 1.10. The zero-order valence-corrected chi connectivity index (χ0v) is 9.75. The van der Waals surface area contributed by atoms with Crippen molar-refractivity contribution in [3.05, 3.63) is 0 Å². The van der Waals surface area contributed by atoms with Gasteiger partial charge in [0.15, 0.2) is 0 Å². The van der Waals surface area contributed by atoms with Crippen LogP contribution in [0.3, 0.4) is 0 Å². The molecule has 0 spiro atoms. The maximum absolute atomic E-state index is 5.48. The fraction of sp³-hybridized carbons (Fsp3) is 1.00. The Morgan fingerprint density at radius 1 is 1.50 bits per heavy atom. The highest BCUT2D eigenvalue weighted by atomic mass is 16.5. The number of rotatable bonds is 5. The maximum Gasteiger partial charge on any atom is 0.0594 e. The third kappa shape index (κ3) is 4.94. The summed E-state index contributed by atoms with van der Waals surface area (Å²) >= 11 is 0. The molecule has 84 valence electrons. The van der Waals surface area contributed by atoms with Gasteiger partial charge in [0.2, 0.25) is 0 Å². The Kier molecular flexibility index (Phi) is 5.45. The lowest BCUT2D eigenvalue weighted by atomic mass is 10.1. The summed E-state index contributed by atoms with van der Waals surface area (Å²) in [5.74, 6) is 0. The Morgan fingerprint density at radius 3 is 2.93 bits per heavy atom. The van der Waals surface area contributed by atoms with Crippen LogP contribution < -0.4 is 5.32 Å². The van der Waals surface area contributed by atoms with E-state index in [1.807, 2.05) is 0 Å². The molecule has 0 aromatic carbocycles. The molecule has 0 amide bonds. The predicted molar refractivity (Wildman–Crippen MR) is 59.6 cm³/mol. The summed E-state index contributed by atoms with van der Waals surface area (Å²) in [7, 11) is 2.19. The Balaban J connectivity index is 2.00. The molecule has 14 heavy (non-hydrogen) atoms. The average Bonchev–Trinajstić information content (AvgIpc) is 2.12. The molecule has 1 saturated heterocycles. The van der Waals surface area contributed by atoms with Gasteiger partial charge in [0.25, 0.3) is 0 Å². The Hall–Kier alpha value is -0.120. The van der Waals surface area contributed by atoms with Crippen LogP contribution in [0.5, 0.6) is 0 Å². The van der Waals surface area contributed by atoms with Crippen LogP contribution in [-0.4, -0.2) is 50.3 Å². The van der Waals surface area contributed by atoms with Crippen molar-refractivity contribution in [2.75, 3.05) is 33.3 Å². The molecule has 0 radical (unpaired) electrons. The number of piperidine rings is 1. The minimum Gasteiger partial charge on any atom is -0.377 e. The van der Waals surface area contributed by atoms with E-state index in [1.165, 1.54) is 25.9 Å². The molecule has 1 atom stereocenters. The van der Waals surface area contributed by atoms with Crippen LogP contribution in [0.15, 0.2) is 0 Å². The molecule has 0 aliphatic carbocycles. The number of ether oxygens (including phenoxy) is 1. The lowest BCUT2D eigenvalue weighted by Gasteiger charge is -2.30. The molecule has 1 unspecified atom stereocenters. The number of likely N-dealkylation sites (tertiary alicyclic amines) is 1. The molecular formula is C11H24N2O. The SMILES string of the molecule is CC(C)OCCNC1CCCN(C)C1. The molecule has 1 rings (SSSR count). The lowest BCUT2D eigenvalue weighted by Crippen LogP contribution is -2.45. The Bertz CT molecular complexity index is 150. The molecule has 3 heteroatoms. The molecule has 1 aliphatic rings. The fourth-order valence-corrected chi connectivity index (χ4v) is 1.89. The van der Waals surface area contributed by atoms with Crippen molar-refractivity contribution in [2.45, 2.75) is 38.8 Å². The molecule has 1 fully saturated rings. The zero-order valence-electron chi connectivity index (χ0n) is 9.75. The molecule has 0 saturated carbocycles. The maximum atomic E-state index is 5.48. The van der Waals surface area contributed by atoms with E-state index in [1.54, 1.807) is 0 Å². The van der Waals surface area contributed by atoms with Crippen LogP contribution in [0.4, 0.5) is 0 Å². The molecule has 0 bridgehead atoms. The van der Waals surface area contributed by atoms with Crippen molar-refractivity contribution in [1.29, 1.82) is 0 Å². The molecule has 0 aromatic rings. The molecule has 1 aliphatic heterocycles. The van der Waals surface area contributed by atoms with E-state index >= 15 is 0 Å². The molecule has 0 aromatic heterocycles. The van der Waals surface area contributed by atoms with Crippen LogP contribution >= 0.6 is 0 Å². The summed E-state index contributed by atoms with van der Waals surface area (Å²) < 4.78 is 5.48. The first-order chi connectivity index (χ1) is 6.68. The smallest absolute Gasteiger partial charge is 0.0594 e. The van der Waals surface area contributed by atoms with E-state index in [9.17, 15) is 0 Å². The second-order valence-corrected chi connectivity index (χ2v) is 4.48.